The van der Waals surface area contributed by atoms with Gasteiger partial charge in [-0.1, -0.05) is 95.3 Å². The zero-order valence-corrected chi connectivity index (χ0v) is 28.6. The average molecular weight is 638 g/mol. The Balaban J connectivity index is 1.31. The van der Waals surface area contributed by atoms with E-state index in [4.69, 9.17) is 15.0 Å². The zero-order valence-electron chi connectivity index (χ0n) is 28.6. The van der Waals surface area contributed by atoms with Crippen molar-refractivity contribution in [3.63, 3.8) is 0 Å². The molecule has 240 valence electrons. The molecule has 0 bridgehead atoms. The monoisotopic (exact) mass is 637 g/mol. The van der Waals surface area contributed by atoms with E-state index in [-0.39, 0.29) is 10.8 Å². The summed E-state index contributed by atoms with van der Waals surface area (Å²) >= 11 is 0. The van der Waals surface area contributed by atoms with Gasteiger partial charge in [0, 0.05) is 34.7 Å². The highest BCUT2D eigenvalue weighted by molar-refractivity contribution is 5.87. The number of imidazole rings is 1. The maximum absolute atomic E-state index is 5.32. The summed E-state index contributed by atoms with van der Waals surface area (Å²) in [4.78, 5) is 17.2. The van der Waals surface area contributed by atoms with Gasteiger partial charge in [-0.15, -0.1) is 0 Å². The molecule has 0 saturated carbocycles. The van der Waals surface area contributed by atoms with Crippen LogP contribution in [0.15, 0.2) is 146 Å². The van der Waals surface area contributed by atoms with Crippen LogP contribution in [0.4, 0.5) is 17.1 Å². The minimum atomic E-state index is -0.145. The molecule has 0 saturated heterocycles. The molecule has 0 atom stereocenters. The van der Waals surface area contributed by atoms with E-state index in [9.17, 15) is 0 Å². The van der Waals surface area contributed by atoms with E-state index in [1.54, 1.807) is 0 Å². The number of hydrogen-bond donors (Lipinski definition) is 0. The maximum Gasteiger partial charge on any atom is 0.145 e. The van der Waals surface area contributed by atoms with Crippen LogP contribution < -0.4 is 4.90 Å². The van der Waals surface area contributed by atoms with Crippen molar-refractivity contribution in [3.8, 4) is 39.9 Å². The summed E-state index contributed by atoms with van der Waals surface area (Å²) in [6, 6.07) is 47.0. The molecule has 0 fully saturated rings. The van der Waals surface area contributed by atoms with E-state index in [1.807, 2.05) is 54.9 Å². The predicted octanol–water partition coefficient (Wildman–Crippen LogP) is 11.1. The number of fused-ring (bicyclic) bond motifs is 2. The smallest absolute Gasteiger partial charge is 0.145 e. The van der Waals surface area contributed by atoms with Crippen LogP contribution in [0.2, 0.25) is 0 Å². The van der Waals surface area contributed by atoms with Crippen LogP contribution >= 0.6 is 0 Å². The predicted molar refractivity (Wildman–Crippen MR) is 201 cm³/mol. The molecule has 4 heterocycles. The third-order valence-corrected chi connectivity index (χ3v) is 9.69. The van der Waals surface area contributed by atoms with Crippen LogP contribution in [0, 0.1) is 0 Å². The van der Waals surface area contributed by atoms with Gasteiger partial charge in [0.15, 0.2) is 0 Å². The van der Waals surface area contributed by atoms with Crippen molar-refractivity contribution in [1.82, 2.24) is 19.5 Å². The quantitative estimate of drug-likeness (QED) is 0.188. The first-order chi connectivity index (χ1) is 23.7. The minimum Gasteiger partial charge on any atom is -0.310 e. The largest absolute Gasteiger partial charge is 0.310 e. The van der Waals surface area contributed by atoms with Crippen molar-refractivity contribution in [2.75, 3.05) is 4.90 Å². The Bertz CT molecular complexity index is 2260. The first kappa shape index (κ1) is 30.5. The van der Waals surface area contributed by atoms with Gasteiger partial charge in [0.25, 0.3) is 0 Å². The molecule has 7 aromatic rings. The molecule has 49 heavy (non-hydrogen) atoms. The number of benzene rings is 4. The van der Waals surface area contributed by atoms with E-state index < -0.39 is 0 Å². The molecular weight excluding hydrogens is 599 g/mol. The van der Waals surface area contributed by atoms with E-state index in [1.165, 1.54) is 28.1 Å². The fraction of sp³-hybridized carbons (Fsp3) is 0.159. The van der Waals surface area contributed by atoms with E-state index in [0.717, 1.165) is 45.5 Å². The Hall–Kier alpha value is -5.81. The Labute approximate surface area is 288 Å². The Morgan fingerprint density at radius 2 is 1.20 bits per heavy atom. The van der Waals surface area contributed by atoms with Crippen molar-refractivity contribution in [1.29, 1.82) is 0 Å². The van der Waals surface area contributed by atoms with Crippen LogP contribution in [0.25, 0.3) is 39.9 Å². The van der Waals surface area contributed by atoms with Crippen molar-refractivity contribution in [2.24, 2.45) is 0 Å². The Kier molecular flexibility index (Phi) is 7.29. The molecule has 0 radical (unpaired) electrons. The highest BCUT2D eigenvalue weighted by Gasteiger charge is 2.37. The van der Waals surface area contributed by atoms with E-state index in [0.29, 0.717) is 0 Å². The van der Waals surface area contributed by atoms with E-state index >= 15 is 0 Å². The summed E-state index contributed by atoms with van der Waals surface area (Å²) in [5.74, 6) is 0.828. The lowest BCUT2D eigenvalue weighted by Crippen LogP contribution is -2.31. The minimum absolute atomic E-state index is 0.0530. The molecule has 1 aliphatic heterocycles. The second-order valence-corrected chi connectivity index (χ2v) is 14.2. The van der Waals surface area contributed by atoms with Gasteiger partial charge in [0.05, 0.1) is 22.8 Å². The van der Waals surface area contributed by atoms with Gasteiger partial charge in [-0.3, -0.25) is 14.5 Å². The highest BCUT2D eigenvalue weighted by atomic mass is 15.2. The molecule has 1 aliphatic rings. The lowest BCUT2D eigenvalue weighted by molar-refractivity contribution is 0.580. The molecular formula is C44H39N5. The molecule has 0 spiro atoms. The molecule has 0 N–H and O–H groups in total. The number of hydrogen-bond acceptors (Lipinski definition) is 4. The third-order valence-electron chi connectivity index (χ3n) is 9.69. The van der Waals surface area contributed by atoms with Gasteiger partial charge in [-0.05, 0) is 94.9 Å². The second kappa shape index (κ2) is 11.7. The van der Waals surface area contributed by atoms with Gasteiger partial charge in [-0.2, -0.15) is 0 Å². The first-order valence-electron chi connectivity index (χ1n) is 16.9. The molecule has 3 aromatic heterocycles. The lowest BCUT2D eigenvalue weighted by atomic mass is 9.71. The molecule has 4 aromatic carbocycles. The first-order valence-corrected chi connectivity index (χ1v) is 16.9. The van der Waals surface area contributed by atoms with Crippen LogP contribution in [-0.2, 0) is 10.8 Å². The van der Waals surface area contributed by atoms with Gasteiger partial charge >= 0.3 is 0 Å². The van der Waals surface area contributed by atoms with Crippen LogP contribution in [-0.4, -0.2) is 19.5 Å². The Morgan fingerprint density at radius 1 is 0.571 bits per heavy atom. The lowest BCUT2D eigenvalue weighted by Gasteiger charge is -2.42. The number of anilines is 3. The third kappa shape index (κ3) is 5.23. The molecule has 8 rings (SSSR count). The highest BCUT2D eigenvalue weighted by Crippen LogP contribution is 2.52. The fourth-order valence-corrected chi connectivity index (χ4v) is 7.07. The number of para-hydroxylation sites is 2. The topological polar surface area (TPSA) is 46.8 Å². The van der Waals surface area contributed by atoms with E-state index in [2.05, 4.69) is 135 Å². The van der Waals surface area contributed by atoms with Crippen molar-refractivity contribution in [2.45, 2.75) is 45.4 Å². The van der Waals surface area contributed by atoms with Crippen LogP contribution in [0.5, 0.6) is 0 Å². The summed E-state index contributed by atoms with van der Waals surface area (Å²) in [5.41, 5.74) is 12.8. The Morgan fingerprint density at radius 3 is 1.88 bits per heavy atom. The van der Waals surface area contributed by atoms with Crippen LogP contribution in [0.3, 0.4) is 0 Å². The van der Waals surface area contributed by atoms with Gasteiger partial charge in [0.2, 0.25) is 0 Å². The summed E-state index contributed by atoms with van der Waals surface area (Å²) in [6.45, 7) is 11.5. The average Bonchev–Trinajstić information content (AvgIpc) is 3.54. The SMILES string of the molecule is CC(C)(C)c1ccc2c(c1)C(C)(C)c1ccccc1N2c1ccc(-c2nc(-c3ccccn3)c(-c3ccccn3)n2-c2ccccc2)cc1. The number of rotatable bonds is 5. The summed E-state index contributed by atoms with van der Waals surface area (Å²) in [6.07, 6.45) is 3.64. The van der Waals surface area contributed by atoms with Gasteiger partial charge in [0.1, 0.15) is 17.2 Å². The molecule has 0 amide bonds. The molecule has 0 aliphatic carbocycles. The summed E-state index contributed by atoms with van der Waals surface area (Å²) in [5, 5.41) is 0. The second-order valence-electron chi connectivity index (χ2n) is 14.2. The van der Waals surface area contributed by atoms with Crippen LogP contribution in [0.1, 0.15) is 51.3 Å². The summed E-state index contributed by atoms with van der Waals surface area (Å²) < 4.78 is 2.21. The van der Waals surface area contributed by atoms with Gasteiger partial charge in [-0.25, -0.2) is 4.98 Å². The summed E-state index contributed by atoms with van der Waals surface area (Å²) in [7, 11) is 0. The number of nitrogens with zero attached hydrogens (tertiary/aromatic N) is 5. The molecule has 5 heteroatoms. The number of pyridine rings is 2. The number of aromatic nitrogens is 4. The zero-order chi connectivity index (χ0) is 33.8. The maximum atomic E-state index is 5.32. The van der Waals surface area contributed by atoms with Crippen molar-refractivity contribution in [3.05, 3.63) is 163 Å². The normalized spacial score (nSPS) is 13.5. The van der Waals surface area contributed by atoms with Gasteiger partial charge < -0.3 is 4.90 Å². The van der Waals surface area contributed by atoms with Crippen molar-refractivity contribution >= 4 is 17.1 Å². The molecule has 5 nitrogen and oxygen atoms in total. The molecule has 0 unspecified atom stereocenters. The fourth-order valence-electron chi connectivity index (χ4n) is 7.07. The van der Waals surface area contributed by atoms with Crippen molar-refractivity contribution < 1.29 is 0 Å². The standard InChI is InChI=1S/C44H39N5/c1-43(2,3)31-23-26-39-35(29-31)44(4,5)34-17-9-10-20-38(34)48(39)33-24-21-30(22-25-33)42-47-40(36-18-11-13-27-45-36)41(37-19-12-14-28-46-37)49(42)32-15-7-6-8-16-32/h6-29H,1-5H3.